The molecule has 0 aliphatic heterocycles. The summed E-state index contributed by atoms with van der Waals surface area (Å²) in [5.41, 5.74) is 4.20. The maximum Gasteiger partial charge on any atom is 0.411 e. The highest BCUT2D eigenvalue weighted by molar-refractivity contribution is 6.85. The Morgan fingerprint density at radius 3 is 2.18 bits per heavy atom. The van der Waals surface area contributed by atoms with Gasteiger partial charge in [-0.05, 0) is 42.9 Å². The van der Waals surface area contributed by atoms with E-state index in [0.29, 0.717) is 36.3 Å². The Morgan fingerprint density at radius 2 is 1.62 bits per heavy atom. The molecule has 0 radical (unpaired) electrons. The smallest absolute Gasteiger partial charge is 0.411 e. The van der Waals surface area contributed by atoms with Crippen LogP contribution in [0.15, 0.2) is 64.3 Å². The first kappa shape index (κ1) is 26.9. The van der Waals surface area contributed by atoms with Gasteiger partial charge < -0.3 is 14.0 Å². The third-order valence-electron chi connectivity index (χ3n) is 7.47. The zero-order valence-electron chi connectivity index (χ0n) is 23.3. The summed E-state index contributed by atoms with van der Waals surface area (Å²) < 4.78 is 16.4. The minimum atomic E-state index is -1.66. The van der Waals surface area contributed by atoms with Crippen LogP contribution in [-0.2, 0) is 19.7 Å². The quantitative estimate of drug-likeness (QED) is 0.213. The molecule has 1 heterocycles. The van der Waals surface area contributed by atoms with Crippen molar-refractivity contribution in [1.82, 2.24) is 5.16 Å². The molecule has 0 spiro atoms. The van der Waals surface area contributed by atoms with E-state index in [1.807, 2.05) is 55.5 Å². The lowest BCUT2D eigenvalue weighted by Crippen LogP contribution is -2.34. The Morgan fingerprint density at radius 1 is 1.00 bits per heavy atom. The van der Waals surface area contributed by atoms with Crippen LogP contribution in [0.1, 0.15) is 37.4 Å². The molecule has 0 saturated heterocycles. The molecular weight excluding hydrogens is 508 g/mol. The highest BCUT2D eigenvalue weighted by Gasteiger charge is 2.57. The number of anilines is 1. The van der Waals surface area contributed by atoms with Crippen LogP contribution in [0.4, 0.5) is 10.5 Å². The molecule has 0 unspecified atom stereocenters. The first-order valence-corrected chi connectivity index (χ1v) is 17.2. The molecule has 204 valence electrons. The standard InChI is InChI=1S/C31H36N2O5Si/c1-6-36-29(34)31(19-26(31)39(3,4)5)25-15-13-23(14-16-25)22-9-11-24(12-10-22)28-27(20(2)33-38-28)32-30(35)37-18-17-21-7-8-21/h9-16,19,21H,6-8,17-18H2,1-5H3,(H,32,35)/t31-/m0/s1. The summed E-state index contributed by atoms with van der Waals surface area (Å²) in [6.07, 6.45) is 4.96. The van der Waals surface area contributed by atoms with E-state index in [2.05, 4.69) is 36.2 Å². The van der Waals surface area contributed by atoms with Gasteiger partial charge in [-0.25, -0.2) is 4.79 Å². The summed E-state index contributed by atoms with van der Waals surface area (Å²) in [5, 5.41) is 8.07. The third kappa shape index (κ3) is 5.57. The average Bonchev–Trinajstić information content (AvgIpc) is 3.83. The number of nitrogens with zero attached hydrogens (tertiary/aromatic N) is 1. The monoisotopic (exact) mass is 544 g/mol. The van der Waals surface area contributed by atoms with E-state index < -0.39 is 19.6 Å². The van der Waals surface area contributed by atoms with E-state index in [1.165, 1.54) is 18.0 Å². The van der Waals surface area contributed by atoms with Crippen LogP contribution in [0.2, 0.25) is 19.6 Å². The third-order valence-corrected chi connectivity index (χ3v) is 9.63. The van der Waals surface area contributed by atoms with E-state index in [4.69, 9.17) is 14.0 Å². The average molecular weight is 545 g/mol. The number of hydrogen-bond acceptors (Lipinski definition) is 6. The van der Waals surface area contributed by atoms with E-state index in [9.17, 15) is 9.59 Å². The lowest BCUT2D eigenvalue weighted by atomic mass is 9.91. The van der Waals surface area contributed by atoms with Crippen LogP contribution in [0.5, 0.6) is 0 Å². The molecule has 2 aromatic carbocycles. The van der Waals surface area contributed by atoms with Gasteiger partial charge >= 0.3 is 12.1 Å². The molecule has 1 fully saturated rings. The largest absolute Gasteiger partial charge is 0.465 e. The number of aromatic nitrogens is 1. The molecule has 1 saturated carbocycles. The molecule has 0 bridgehead atoms. The molecule has 7 nitrogen and oxygen atoms in total. The van der Waals surface area contributed by atoms with Crippen LogP contribution in [0, 0.1) is 12.8 Å². The molecule has 1 atom stereocenters. The van der Waals surface area contributed by atoms with Crippen LogP contribution < -0.4 is 5.32 Å². The molecule has 1 amide bonds. The number of carbonyl (C=O) groups excluding carboxylic acids is 2. The van der Waals surface area contributed by atoms with Gasteiger partial charge in [0.05, 0.1) is 21.3 Å². The van der Waals surface area contributed by atoms with Crippen LogP contribution in [0.3, 0.4) is 0 Å². The van der Waals surface area contributed by atoms with E-state index >= 15 is 0 Å². The highest BCUT2D eigenvalue weighted by atomic mass is 28.3. The number of hydrogen-bond donors (Lipinski definition) is 1. The van der Waals surface area contributed by atoms with Gasteiger partial charge in [0.2, 0.25) is 0 Å². The molecule has 3 aromatic rings. The fraction of sp³-hybridized carbons (Fsp3) is 0.387. The fourth-order valence-electron chi connectivity index (χ4n) is 5.08. The molecule has 2 aliphatic carbocycles. The van der Waals surface area contributed by atoms with Crippen molar-refractivity contribution in [3.05, 3.63) is 71.1 Å². The number of carbonyl (C=O) groups is 2. The Balaban J connectivity index is 1.30. The van der Waals surface area contributed by atoms with Crippen molar-refractivity contribution >= 4 is 25.8 Å². The predicted octanol–water partition coefficient (Wildman–Crippen LogP) is 7.28. The van der Waals surface area contributed by atoms with Crippen LogP contribution in [-0.4, -0.2) is 38.5 Å². The van der Waals surface area contributed by atoms with Crippen molar-refractivity contribution in [2.45, 2.75) is 58.2 Å². The van der Waals surface area contributed by atoms with Crippen LogP contribution in [0.25, 0.3) is 22.5 Å². The second kappa shape index (κ2) is 10.5. The Kier molecular flexibility index (Phi) is 7.24. The maximum absolute atomic E-state index is 13.0. The summed E-state index contributed by atoms with van der Waals surface area (Å²) in [5.74, 6) is 1.01. The van der Waals surface area contributed by atoms with E-state index in [1.54, 1.807) is 6.92 Å². The summed E-state index contributed by atoms with van der Waals surface area (Å²) in [6, 6.07) is 16.0. The van der Waals surface area contributed by atoms with Crippen molar-refractivity contribution in [3.8, 4) is 22.5 Å². The molecule has 5 rings (SSSR count). The van der Waals surface area contributed by atoms with Crippen molar-refractivity contribution in [2.75, 3.05) is 18.5 Å². The number of rotatable bonds is 10. The summed E-state index contributed by atoms with van der Waals surface area (Å²) >= 11 is 0. The molecular formula is C31H36N2O5Si. The lowest BCUT2D eigenvalue weighted by molar-refractivity contribution is -0.145. The van der Waals surface area contributed by atoms with Crippen LogP contribution >= 0.6 is 0 Å². The van der Waals surface area contributed by atoms with E-state index in [0.717, 1.165) is 28.7 Å². The minimum Gasteiger partial charge on any atom is -0.465 e. The zero-order chi connectivity index (χ0) is 27.8. The van der Waals surface area contributed by atoms with Gasteiger partial charge in [0, 0.05) is 5.56 Å². The van der Waals surface area contributed by atoms with Gasteiger partial charge in [-0.3, -0.25) is 10.1 Å². The van der Waals surface area contributed by atoms with Crippen molar-refractivity contribution in [3.63, 3.8) is 0 Å². The second-order valence-corrected chi connectivity index (χ2v) is 16.5. The molecule has 8 heteroatoms. The van der Waals surface area contributed by atoms with Gasteiger partial charge in [-0.15, -0.1) is 0 Å². The highest BCUT2D eigenvalue weighted by Crippen LogP contribution is 2.52. The van der Waals surface area contributed by atoms with Crippen molar-refractivity contribution < 1.29 is 23.6 Å². The SMILES string of the molecule is CCOC(=O)[C@]1(c2ccc(-c3ccc(-c4onc(C)c4NC(=O)OCCC4CC4)cc3)cc2)C=C1[Si](C)(C)C. The number of nitrogens with one attached hydrogen (secondary N) is 1. The Labute approximate surface area is 230 Å². The topological polar surface area (TPSA) is 90.7 Å². The van der Waals surface area contributed by atoms with Gasteiger partial charge in [0.1, 0.15) is 16.8 Å². The Hall–Kier alpha value is -3.65. The van der Waals surface area contributed by atoms with E-state index in [-0.39, 0.29) is 5.97 Å². The first-order valence-electron chi connectivity index (χ1n) is 13.7. The number of esters is 1. The lowest BCUT2D eigenvalue weighted by Gasteiger charge is -2.23. The number of amides is 1. The summed E-state index contributed by atoms with van der Waals surface area (Å²) in [4.78, 5) is 25.3. The maximum atomic E-state index is 13.0. The minimum absolute atomic E-state index is 0.182. The molecule has 1 aromatic heterocycles. The van der Waals surface area contributed by atoms with Gasteiger partial charge in [0.15, 0.2) is 5.76 Å². The summed E-state index contributed by atoms with van der Waals surface area (Å²) in [7, 11) is -1.66. The van der Waals surface area contributed by atoms with Crippen molar-refractivity contribution in [2.24, 2.45) is 5.92 Å². The molecule has 39 heavy (non-hydrogen) atoms. The number of benzene rings is 2. The molecule has 2 aliphatic rings. The van der Waals surface area contributed by atoms with Gasteiger partial charge in [0.25, 0.3) is 0 Å². The molecule has 1 N–H and O–H groups in total. The van der Waals surface area contributed by atoms with Gasteiger partial charge in [-0.2, -0.15) is 0 Å². The predicted molar refractivity (Wildman–Crippen MR) is 154 cm³/mol. The van der Waals surface area contributed by atoms with Gasteiger partial charge in [-0.1, -0.05) is 97.4 Å². The normalized spacial score (nSPS) is 18.3. The number of aryl methyl sites for hydroxylation is 1. The fourth-order valence-corrected chi connectivity index (χ4v) is 7.15. The number of ether oxygens (including phenoxy) is 2. The second-order valence-electron chi connectivity index (χ2n) is 11.5. The zero-order valence-corrected chi connectivity index (χ0v) is 24.3. The summed E-state index contributed by atoms with van der Waals surface area (Å²) in [6.45, 7) is 11.2. The Bertz CT molecular complexity index is 1400. The first-order chi connectivity index (χ1) is 18.6. The van der Waals surface area contributed by atoms with Crippen molar-refractivity contribution in [1.29, 1.82) is 0 Å².